The van der Waals surface area contributed by atoms with Crippen molar-refractivity contribution in [2.24, 2.45) is 5.41 Å². The molecule has 3 heterocycles. The number of nitrogens with zero attached hydrogens (tertiary/aromatic N) is 2. The minimum Gasteiger partial charge on any atom is -0.444 e. The molecular formula is C26H34N4O6. The second-order valence-electron chi connectivity index (χ2n) is 11.5. The van der Waals surface area contributed by atoms with Gasteiger partial charge in [-0.3, -0.25) is 24.6 Å². The van der Waals surface area contributed by atoms with Crippen molar-refractivity contribution in [3.05, 3.63) is 29.3 Å². The van der Waals surface area contributed by atoms with Gasteiger partial charge in [-0.1, -0.05) is 6.07 Å². The van der Waals surface area contributed by atoms with Crippen LogP contribution in [0.1, 0.15) is 81.4 Å². The van der Waals surface area contributed by atoms with Gasteiger partial charge in [-0.2, -0.15) is 0 Å². The van der Waals surface area contributed by atoms with Crippen molar-refractivity contribution in [2.45, 2.75) is 83.2 Å². The fourth-order valence-electron chi connectivity index (χ4n) is 6.01. The largest absolute Gasteiger partial charge is 0.444 e. The number of fused-ring (bicyclic) bond motifs is 1. The van der Waals surface area contributed by atoms with Crippen LogP contribution in [0.25, 0.3) is 0 Å². The van der Waals surface area contributed by atoms with Gasteiger partial charge < -0.3 is 20.1 Å². The van der Waals surface area contributed by atoms with E-state index in [0.717, 1.165) is 25.7 Å². The molecular weight excluding hydrogens is 464 g/mol. The lowest BCUT2D eigenvalue weighted by Gasteiger charge is -2.52. The van der Waals surface area contributed by atoms with Crippen LogP contribution in [0.5, 0.6) is 0 Å². The van der Waals surface area contributed by atoms with Gasteiger partial charge >= 0.3 is 6.09 Å². The van der Waals surface area contributed by atoms with Gasteiger partial charge in [0.25, 0.3) is 5.91 Å². The van der Waals surface area contributed by atoms with E-state index in [4.69, 9.17) is 4.74 Å². The summed E-state index contributed by atoms with van der Waals surface area (Å²) in [6.45, 7) is 6.96. The van der Waals surface area contributed by atoms with E-state index in [1.807, 2.05) is 26.8 Å². The fraction of sp³-hybridized carbons (Fsp3) is 0.615. The number of carbonyl (C=O) groups is 4. The lowest BCUT2D eigenvalue weighted by atomic mass is 9.60. The molecule has 194 valence electrons. The third-order valence-corrected chi connectivity index (χ3v) is 7.83. The van der Waals surface area contributed by atoms with Crippen LogP contribution in [0, 0.1) is 5.41 Å². The van der Waals surface area contributed by atoms with Crippen LogP contribution < -0.4 is 10.6 Å². The Labute approximate surface area is 210 Å². The molecule has 1 aliphatic carbocycles. The zero-order valence-corrected chi connectivity index (χ0v) is 21.0. The zero-order chi connectivity index (χ0) is 25.8. The molecule has 1 saturated carbocycles. The van der Waals surface area contributed by atoms with Crippen molar-refractivity contribution < 1.29 is 29.0 Å². The molecule has 2 unspecified atom stereocenters. The summed E-state index contributed by atoms with van der Waals surface area (Å²) in [6.07, 6.45) is 2.53. The fourth-order valence-corrected chi connectivity index (χ4v) is 6.01. The first kappa shape index (κ1) is 24.5. The number of anilines is 1. The van der Waals surface area contributed by atoms with Crippen LogP contribution in [0.15, 0.2) is 18.2 Å². The molecule has 0 radical (unpaired) electrons. The highest BCUT2D eigenvalue weighted by atomic mass is 16.6. The van der Waals surface area contributed by atoms with Crippen molar-refractivity contribution in [2.75, 3.05) is 18.4 Å². The monoisotopic (exact) mass is 498 g/mol. The number of aliphatic hydroxyl groups is 1. The first-order valence-corrected chi connectivity index (χ1v) is 12.7. The predicted molar refractivity (Wildman–Crippen MR) is 130 cm³/mol. The Morgan fingerprint density at radius 1 is 1.17 bits per heavy atom. The van der Waals surface area contributed by atoms with Crippen molar-refractivity contribution in [1.82, 2.24) is 15.1 Å². The highest BCUT2D eigenvalue weighted by molar-refractivity contribution is 6.06. The number of carbonyl (C=O) groups excluding carboxylic acids is 4. The summed E-state index contributed by atoms with van der Waals surface area (Å²) in [4.78, 5) is 52.3. The SMILES string of the molecule is CC(C)(C)OC(=O)N1CCC2(CC1)CC(Nc1cccc3c1C(O)N(C1CCC(=O)NC1=O)C3=O)C2. The molecule has 5 rings (SSSR count). The molecule has 3 fully saturated rings. The van der Waals surface area contributed by atoms with Crippen molar-refractivity contribution in [3.63, 3.8) is 0 Å². The van der Waals surface area contributed by atoms with E-state index in [2.05, 4.69) is 10.6 Å². The summed E-state index contributed by atoms with van der Waals surface area (Å²) in [7, 11) is 0. The molecule has 1 aromatic rings. The molecule has 0 aromatic heterocycles. The second-order valence-corrected chi connectivity index (χ2v) is 11.5. The van der Waals surface area contributed by atoms with Crippen LogP contribution in [0.4, 0.5) is 10.5 Å². The van der Waals surface area contributed by atoms with Crippen LogP contribution in [0.3, 0.4) is 0 Å². The lowest BCUT2D eigenvalue weighted by molar-refractivity contribution is -0.139. The topological polar surface area (TPSA) is 128 Å². The lowest BCUT2D eigenvalue weighted by Crippen LogP contribution is -2.53. The molecule has 3 aliphatic heterocycles. The minimum atomic E-state index is -1.26. The maximum absolute atomic E-state index is 13.1. The third kappa shape index (κ3) is 4.42. The Hall–Kier alpha value is -3.14. The Morgan fingerprint density at radius 2 is 1.86 bits per heavy atom. The summed E-state index contributed by atoms with van der Waals surface area (Å²) in [5.41, 5.74) is 1.22. The Kier molecular flexibility index (Phi) is 5.97. The number of piperidine rings is 2. The smallest absolute Gasteiger partial charge is 0.410 e. The van der Waals surface area contributed by atoms with Gasteiger partial charge in [-0.25, -0.2) is 4.79 Å². The summed E-state index contributed by atoms with van der Waals surface area (Å²) in [6, 6.07) is 4.59. The van der Waals surface area contributed by atoms with E-state index < -0.39 is 29.7 Å². The second kappa shape index (κ2) is 8.76. The quantitative estimate of drug-likeness (QED) is 0.546. The maximum Gasteiger partial charge on any atom is 0.410 e. The standard InChI is InChI=1S/C26H34N4O6/c1-25(2,3)36-24(35)29-11-9-26(10-12-29)13-15(14-26)27-17-6-4-5-16-20(17)23(34)30(22(16)33)18-7-8-19(31)28-21(18)32/h4-6,15,18,23,27,34H,7-14H2,1-3H3,(H,28,31,32). The third-order valence-electron chi connectivity index (χ3n) is 7.83. The number of benzene rings is 1. The molecule has 0 bridgehead atoms. The van der Waals surface area contributed by atoms with Gasteiger partial charge in [0, 0.05) is 42.4 Å². The van der Waals surface area contributed by atoms with Crippen molar-refractivity contribution in [1.29, 1.82) is 0 Å². The number of imide groups is 1. The summed E-state index contributed by atoms with van der Waals surface area (Å²) in [5, 5.41) is 16.9. The van der Waals surface area contributed by atoms with Gasteiger partial charge in [0.05, 0.1) is 0 Å². The average molecular weight is 499 g/mol. The first-order valence-electron chi connectivity index (χ1n) is 12.7. The maximum atomic E-state index is 13.1. The summed E-state index contributed by atoms with van der Waals surface area (Å²) < 4.78 is 5.50. The number of ether oxygens (including phenoxy) is 1. The number of nitrogens with one attached hydrogen (secondary N) is 2. The van der Waals surface area contributed by atoms with Crippen LogP contribution in [-0.4, -0.2) is 69.5 Å². The molecule has 1 spiro atoms. The molecule has 2 saturated heterocycles. The summed E-state index contributed by atoms with van der Waals surface area (Å²) in [5.74, 6) is -1.33. The van der Waals surface area contributed by atoms with E-state index in [9.17, 15) is 24.3 Å². The molecule has 10 heteroatoms. The molecule has 36 heavy (non-hydrogen) atoms. The normalized spacial score (nSPS) is 25.9. The zero-order valence-electron chi connectivity index (χ0n) is 21.0. The number of amides is 4. The van der Waals surface area contributed by atoms with E-state index in [1.165, 1.54) is 4.90 Å². The minimum absolute atomic E-state index is 0.129. The molecule has 4 aliphatic rings. The number of hydrogen-bond donors (Lipinski definition) is 3. The predicted octanol–water partition coefficient (Wildman–Crippen LogP) is 2.53. The van der Waals surface area contributed by atoms with Gasteiger partial charge in [0.1, 0.15) is 11.6 Å². The van der Waals surface area contributed by atoms with Gasteiger partial charge in [0.15, 0.2) is 6.23 Å². The highest BCUT2D eigenvalue weighted by Gasteiger charge is 2.49. The van der Waals surface area contributed by atoms with Gasteiger partial charge in [-0.15, -0.1) is 0 Å². The van der Waals surface area contributed by atoms with E-state index in [0.29, 0.717) is 29.9 Å². The van der Waals surface area contributed by atoms with Crippen LogP contribution >= 0.6 is 0 Å². The van der Waals surface area contributed by atoms with Crippen molar-refractivity contribution in [3.8, 4) is 0 Å². The number of hydrogen-bond acceptors (Lipinski definition) is 7. The van der Waals surface area contributed by atoms with Crippen molar-refractivity contribution >= 4 is 29.5 Å². The number of rotatable bonds is 3. The molecule has 10 nitrogen and oxygen atoms in total. The Balaban J connectivity index is 1.21. The molecule has 4 amide bonds. The molecule has 3 N–H and O–H groups in total. The first-order chi connectivity index (χ1) is 17.0. The van der Waals surface area contributed by atoms with E-state index >= 15 is 0 Å². The Morgan fingerprint density at radius 3 is 2.50 bits per heavy atom. The van der Waals surface area contributed by atoms with Crippen LogP contribution in [-0.2, 0) is 14.3 Å². The van der Waals surface area contributed by atoms with E-state index in [1.54, 1.807) is 17.0 Å². The molecule has 1 aromatic carbocycles. The van der Waals surface area contributed by atoms with Gasteiger partial charge in [-0.05, 0) is 70.4 Å². The number of aliphatic hydroxyl groups excluding tert-OH is 1. The average Bonchev–Trinajstić information content (AvgIpc) is 3.03. The Bertz CT molecular complexity index is 1100. The van der Waals surface area contributed by atoms with Crippen LogP contribution in [0.2, 0.25) is 0 Å². The van der Waals surface area contributed by atoms with E-state index in [-0.39, 0.29) is 36.3 Å². The summed E-state index contributed by atoms with van der Waals surface area (Å²) >= 11 is 0. The van der Waals surface area contributed by atoms with Gasteiger partial charge in [0.2, 0.25) is 11.8 Å². The molecule has 2 atom stereocenters. The highest BCUT2D eigenvalue weighted by Crippen LogP contribution is 2.51. The number of likely N-dealkylation sites (tertiary alicyclic amines) is 1.